The van der Waals surface area contributed by atoms with Crippen LogP contribution in [-0.4, -0.2) is 38.3 Å². The van der Waals surface area contributed by atoms with Gasteiger partial charge in [0.25, 0.3) is 5.91 Å². The molecule has 0 saturated carbocycles. The summed E-state index contributed by atoms with van der Waals surface area (Å²) < 4.78 is 22.0. The largest absolute Gasteiger partial charge is 0.490 e. The fraction of sp³-hybridized carbons (Fsp3) is 0.364. The zero-order valence-corrected chi connectivity index (χ0v) is 17.2. The van der Waals surface area contributed by atoms with Gasteiger partial charge in [0, 0.05) is 5.56 Å². The Hall–Kier alpha value is -3.22. The predicted octanol–water partition coefficient (Wildman–Crippen LogP) is 4.31. The number of para-hydroxylation sites is 1. The highest BCUT2D eigenvalue weighted by Gasteiger charge is 2.20. The second-order valence-electron chi connectivity index (χ2n) is 5.82. The molecule has 0 heterocycles. The van der Waals surface area contributed by atoms with Gasteiger partial charge in [0.2, 0.25) is 5.75 Å². The zero-order valence-electron chi connectivity index (χ0n) is 17.2. The Labute approximate surface area is 170 Å². The van der Waals surface area contributed by atoms with Gasteiger partial charge in [0.05, 0.1) is 37.7 Å². The SMILES string of the molecule is CCOC(=O)c1ccccc1NC(=O)c1cc(OCC)c(OCC)c(OCC)c1. The first-order valence-electron chi connectivity index (χ1n) is 9.69. The van der Waals surface area contributed by atoms with Crippen LogP contribution in [0.1, 0.15) is 48.4 Å². The molecule has 2 aromatic carbocycles. The normalized spacial score (nSPS) is 10.2. The van der Waals surface area contributed by atoms with Crippen molar-refractivity contribution in [2.75, 3.05) is 31.7 Å². The predicted molar refractivity (Wildman–Crippen MR) is 110 cm³/mol. The third-order valence-electron chi connectivity index (χ3n) is 3.84. The molecule has 7 nitrogen and oxygen atoms in total. The van der Waals surface area contributed by atoms with E-state index in [1.54, 1.807) is 43.3 Å². The smallest absolute Gasteiger partial charge is 0.340 e. The van der Waals surface area contributed by atoms with E-state index in [0.29, 0.717) is 48.3 Å². The molecule has 0 atom stereocenters. The van der Waals surface area contributed by atoms with E-state index in [9.17, 15) is 9.59 Å². The lowest BCUT2D eigenvalue weighted by Gasteiger charge is -2.17. The van der Waals surface area contributed by atoms with Crippen LogP contribution >= 0.6 is 0 Å². The first-order valence-corrected chi connectivity index (χ1v) is 9.69. The molecule has 2 aromatic rings. The number of ether oxygens (including phenoxy) is 4. The summed E-state index contributed by atoms with van der Waals surface area (Å²) in [6.45, 7) is 8.76. The number of rotatable bonds is 10. The van der Waals surface area contributed by atoms with Gasteiger partial charge in [0.1, 0.15) is 0 Å². The maximum Gasteiger partial charge on any atom is 0.340 e. The highest BCUT2D eigenvalue weighted by atomic mass is 16.5. The van der Waals surface area contributed by atoms with E-state index in [2.05, 4.69) is 5.32 Å². The molecular formula is C22H27NO6. The lowest BCUT2D eigenvalue weighted by molar-refractivity contribution is 0.0527. The Morgan fingerprint density at radius 1 is 0.828 bits per heavy atom. The molecule has 0 aliphatic rings. The molecular weight excluding hydrogens is 374 g/mol. The van der Waals surface area contributed by atoms with Gasteiger partial charge in [-0.2, -0.15) is 0 Å². The van der Waals surface area contributed by atoms with Gasteiger partial charge in [-0.3, -0.25) is 4.79 Å². The third-order valence-corrected chi connectivity index (χ3v) is 3.84. The Bertz CT molecular complexity index is 822. The summed E-state index contributed by atoms with van der Waals surface area (Å²) >= 11 is 0. The van der Waals surface area contributed by atoms with Crippen LogP contribution in [0.4, 0.5) is 5.69 Å². The van der Waals surface area contributed by atoms with Crippen LogP contribution < -0.4 is 19.5 Å². The zero-order chi connectivity index (χ0) is 21.2. The Kier molecular flexibility index (Phi) is 8.33. The summed E-state index contributed by atoms with van der Waals surface area (Å²) in [6.07, 6.45) is 0. The monoisotopic (exact) mass is 401 g/mol. The molecule has 2 rings (SSSR count). The quantitative estimate of drug-likeness (QED) is 0.597. The van der Waals surface area contributed by atoms with Crippen LogP contribution in [-0.2, 0) is 4.74 Å². The number of benzene rings is 2. The van der Waals surface area contributed by atoms with Gasteiger partial charge >= 0.3 is 5.97 Å². The number of nitrogens with one attached hydrogen (secondary N) is 1. The number of hydrogen-bond acceptors (Lipinski definition) is 6. The summed E-state index contributed by atoms with van der Waals surface area (Å²) in [6, 6.07) is 9.88. The molecule has 0 aromatic heterocycles. The van der Waals surface area contributed by atoms with Crippen molar-refractivity contribution in [2.45, 2.75) is 27.7 Å². The summed E-state index contributed by atoms with van der Waals surface area (Å²) in [5.41, 5.74) is 0.962. The second kappa shape index (κ2) is 10.9. The van der Waals surface area contributed by atoms with Gasteiger partial charge in [0.15, 0.2) is 11.5 Å². The number of esters is 1. The second-order valence-corrected chi connectivity index (χ2v) is 5.82. The molecule has 1 N–H and O–H groups in total. The minimum atomic E-state index is -0.500. The van der Waals surface area contributed by atoms with E-state index in [1.165, 1.54) is 0 Å². The fourth-order valence-corrected chi connectivity index (χ4v) is 2.69. The lowest BCUT2D eigenvalue weighted by atomic mass is 10.1. The highest BCUT2D eigenvalue weighted by Crippen LogP contribution is 2.39. The summed E-state index contributed by atoms with van der Waals surface area (Å²) in [4.78, 5) is 25.1. The van der Waals surface area contributed by atoms with Crippen LogP contribution in [0, 0.1) is 0 Å². The maximum absolute atomic E-state index is 12.9. The average Bonchev–Trinajstić information content (AvgIpc) is 2.71. The van der Waals surface area contributed by atoms with Gasteiger partial charge in [-0.05, 0) is 52.0 Å². The fourth-order valence-electron chi connectivity index (χ4n) is 2.69. The van der Waals surface area contributed by atoms with Gasteiger partial charge < -0.3 is 24.3 Å². The number of anilines is 1. The molecule has 7 heteroatoms. The van der Waals surface area contributed by atoms with E-state index < -0.39 is 11.9 Å². The Morgan fingerprint density at radius 2 is 1.41 bits per heavy atom. The molecule has 1 amide bonds. The minimum Gasteiger partial charge on any atom is -0.490 e. The molecule has 0 aliphatic heterocycles. The van der Waals surface area contributed by atoms with Gasteiger partial charge in [-0.1, -0.05) is 12.1 Å². The number of hydrogen-bond donors (Lipinski definition) is 1. The molecule has 0 bridgehead atoms. The summed E-state index contributed by atoms with van der Waals surface area (Å²) in [5.74, 6) is 0.389. The van der Waals surface area contributed by atoms with Crippen molar-refractivity contribution in [3.63, 3.8) is 0 Å². The van der Waals surface area contributed by atoms with Crippen molar-refractivity contribution in [3.05, 3.63) is 47.5 Å². The minimum absolute atomic E-state index is 0.245. The van der Waals surface area contributed by atoms with Crippen LogP contribution in [0.5, 0.6) is 17.2 Å². The first kappa shape index (κ1) is 22.1. The molecule has 0 unspecified atom stereocenters. The average molecular weight is 401 g/mol. The van der Waals surface area contributed by atoms with E-state index in [0.717, 1.165) is 0 Å². The van der Waals surface area contributed by atoms with Crippen LogP contribution in [0.3, 0.4) is 0 Å². The van der Waals surface area contributed by atoms with E-state index in [1.807, 2.05) is 20.8 Å². The van der Waals surface area contributed by atoms with Crippen molar-refractivity contribution in [1.29, 1.82) is 0 Å². The summed E-state index contributed by atoms with van der Waals surface area (Å²) in [5, 5.41) is 2.76. The van der Waals surface area contributed by atoms with Crippen LogP contribution in [0.2, 0.25) is 0 Å². The van der Waals surface area contributed by atoms with Crippen molar-refractivity contribution >= 4 is 17.6 Å². The molecule has 0 spiro atoms. The van der Waals surface area contributed by atoms with Crippen LogP contribution in [0.15, 0.2) is 36.4 Å². The van der Waals surface area contributed by atoms with Crippen molar-refractivity contribution in [3.8, 4) is 17.2 Å². The third kappa shape index (κ3) is 5.63. The molecule has 0 radical (unpaired) electrons. The lowest BCUT2D eigenvalue weighted by Crippen LogP contribution is -2.16. The van der Waals surface area contributed by atoms with E-state index in [-0.39, 0.29) is 12.2 Å². The van der Waals surface area contributed by atoms with E-state index >= 15 is 0 Å². The highest BCUT2D eigenvalue weighted by molar-refractivity contribution is 6.08. The van der Waals surface area contributed by atoms with Crippen molar-refractivity contribution in [1.82, 2.24) is 0 Å². The van der Waals surface area contributed by atoms with Crippen molar-refractivity contribution in [2.24, 2.45) is 0 Å². The number of amides is 1. The first-order chi connectivity index (χ1) is 14.0. The maximum atomic E-state index is 12.9. The Balaban J connectivity index is 2.39. The van der Waals surface area contributed by atoms with Gasteiger partial charge in [-0.15, -0.1) is 0 Å². The standard InChI is InChI=1S/C22H27NO6/c1-5-26-18-13-15(14-19(27-6-2)20(18)28-7-3)21(24)23-17-12-10-9-11-16(17)22(25)29-8-4/h9-14H,5-8H2,1-4H3,(H,23,24). The van der Waals surface area contributed by atoms with Gasteiger partial charge in [-0.25, -0.2) is 4.79 Å². The topological polar surface area (TPSA) is 83.1 Å². The number of carbonyl (C=O) groups is 2. The summed E-state index contributed by atoms with van der Waals surface area (Å²) in [7, 11) is 0. The molecule has 0 fully saturated rings. The van der Waals surface area contributed by atoms with E-state index in [4.69, 9.17) is 18.9 Å². The van der Waals surface area contributed by atoms with Crippen molar-refractivity contribution < 1.29 is 28.5 Å². The van der Waals surface area contributed by atoms with Crippen LogP contribution in [0.25, 0.3) is 0 Å². The molecule has 0 aliphatic carbocycles. The molecule has 156 valence electrons. The molecule has 0 saturated heterocycles. The molecule has 29 heavy (non-hydrogen) atoms. The Morgan fingerprint density at radius 3 is 1.97 bits per heavy atom. The number of carbonyl (C=O) groups excluding carboxylic acids is 2.